The Bertz CT molecular complexity index is 1340. The van der Waals surface area contributed by atoms with Crippen LogP contribution in [-0.2, 0) is 21.4 Å². The first-order valence-corrected chi connectivity index (χ1v) is 10.7. The van der Waals surface area contributed by atoms with Crippen LogP contribution in [0.3, 0.4) is 0 Å². The smallest absolute Gasteiger partial charge is 0.262 e. The van der Waals surface area contributed by atoms with Crippen LogP contribution in [0.4, 0.5) is 20.2 Å². The number of nitrogens with zero attached hydrogens (tertiary/aromatic N) is 1. The molecule has 1 aliphatic heterocycles. The van der Waals surface area contributed by atoms with Gasteiger partial charge in [0.15, 0.2) is 5.78 Å². The zero-order valence-corrected chi connectivity index (χ0v) is 17.0. The molecule has 3 aromatic rings. The minimum absolute atomic E-state index is 0.0673. The molecule has 0 fully saturated rings. The molecule has 32 heavy (non-hydrogen) atoms. The normalized spacial score (nSPS) is 15.3. The monoisotopic (exact) mass is 459 g/mol. The molecule has 0 bridgehead atoms. The fourth-order valence-electron chi connectivity index (χ4n) is 3.04. The van der Waals surface area contributed by atoms with Crippen LogP contribution in [0.25, 0.3) is 0 Å². The number of hydrogen-bond donors (Lipinski definition) is 2. The maximum Gasteiger partial charge on any atom is 0.262 e. The molecule has 8 nitrogen and oxygen atoms in total. The van der Waals surface area contributed by atoms with E-state index in [1.807, 2.05) is 4.72 Å². The molecule has 2 aromatic carbocycles. The maximum absolute atomic E-state index is 13.9. The summed E-state index contributed by atoms with van der Waals surface area (Å²) in [5, 5.41) is 2.56. The van der Waals surface area contributed by atoms with E-state index in [2.05, 4.69) is 10.3 Å². The number of carbonyl (C=O) groups excluding carboxylic acids is 2. The Kier molecular flexibility index (Phi) is 5.57. The summed E-state index contributed by atoms with van der Waals surface area (Å²) in [6.07, 6.45) is 2.63. The number of carbonyl (C=O) groups is 2. The first-order chi connectivity index (χ1) is 15.2. The van der Waals surface area contributed by atoms with Crippen molar-refractivity contribution >= 4 is 39.3 Å². The molecule has 164 valence electrons. The van der Waals surface area contributed by atoms with Crippen LogP contribution in [0.1, 0.15) is 16.1 Å². The third-order valence-electron chi connectivity index (χ3n) is 4.66. The summed E-state index contributed by atoms with van der Waals surface area (Å²) in [4.78, 5) is 29.0. The Hall–Kier alpha value is -3.86. The quantitative estimate of drug-likeness (QED) is 0.549. The number of fused-ring (bicyclic) bond motifs is 1. The number of aliphatic imine (C=N–C) groups is 1. The Morgan fingerprint density at radius 3 is 2.66 bits per heavy atom. The molecular weight excluding hydrogens is 444 g/mol. The molecule has 1 unspecified atom stereocenters. The van der Waals surface area contributed by atoms with Gasteiger partial charge in [-0.2, -0.15) is 0 Å². The Labute approximate surface area is 181 Å². The summed E-state index contributed by atoms with van der Waals surface area (Å²) >= 11 is 0. The van der Waals surface area contributed by atoms with Crippen molar-refractivity contribution in [3.63, 3.8) is 0 Å². The molecule has 1 aliphatic rings. The number of hydrogen-bond acceptors (Lipinski definition) is 6. The standard InChI is InChI=1S/C21H15F2N3O5S/c22-12-3-5-19(17(23)8-12)26-32(29,30)14-4-6-18-15(9-14)20(27)16(11-24-18)21(28)25-10-13-2-1-7-31-13/h1-9,11,16,26H,10H2,(H,25,28). The van der Waals surface area contributed by atoms with Crippen molar-refractivity contribution in [2.45, 2.75) is 11.4 Å². The average molecular weight is 459 g/mol. The third-order valence-corrected chi connectivity index (χ3v) is 6.03. The number of ketones is 1. The Balaban J connectivity index is 1.56. The average Bonchev–Trinajstić information content (AvgIpc) is 3.28. The van der Waals surface area contributed by atoms with Crippen LogP contribution in [0.2, 0.25) is 0 Å². The molecule has 0 saturated carbocycles. The van der Waals surface area contributed by atoms with E-state index >= 15 is 0 Å². The van der Waals surface area contributed by atoms with E-state index in [1.165, 1.54) is 24.6 Å². The summed E-state index contributed by atoms with van der Waals surface area (Å²) in [5.41, 5.74) is -0.339. The predicted octanol–water partition coefficient (Wildman–Crippen LogP) is 3.19. The van der Waals surface area contributed by atoms with Crippen LogP contribution < -0.4 is 10.0 Å². The number of Topliss-reactive ketones (excluding diaryl/α,β-unsaturated/α-hetero) is 1. The lowest BCUT2D eigenvalue weighted by molar-refractivity contribution is -0.122. The Morgan fingerprint density at radius 2 is 1.94 bits per heavy atom. The highest BCUT2D eigenvalue weighted by molar-refractivity contribution is 7.92. The molecule has 0 aliphatic carbocycles. The molecule has 4 rings (SSSR count). The van der Waals surface area contributed by atoms with Gasteiger partial charge in [-0.05, 0) is 42.5 Å². The number of furan rings is 1. The van der Waals surface area contributed by atoms with E-state index in [0.29, 0.717) is 11.8 Å². The highest BCUT2D eigenvalue weighted by Gasteiger charge is 2.32. The van der Waals surface area contributed by atoms with Crippen LogP contribution in [-0.4, -0.2) is 26.3 Å². The second-order valence-electron chi connectivity index (χ2n) is 6.83. The largest absolute Gasteiger partial charge is 0.467 e. The van der Waals surface area contributed by atoms with Gasteiger partial charge in [0.25, 0.3) is 10.0 Å². The summed E-state index contributed by atoms with van der Waals surface area (Å²) in [6.45, 7) is 0.0673. The lowest BCUT2D eigenvalue weighted by atomic mass is 9.94. The number of anilines is 1. The van der Waals surface area contributed by atoms with Gasteiger partial charge in [0.05, 0.1) is 29.1 Å². The summed E-state index contributed by atoms with van der Waals surface area (Å²) < 4.78 is 59.4. The molecule has 1 amide bonds. The van der Waals surface area contributed by atoms with Crippen molar-refractivity contribution in [2.75, 3.05) is 4.72 Å². The number of halogens is 2. The van der Waals surface area contributed by atoms with Crippen LogP contribution in [0.5, 0.6) is 0 Å². The number of sulfonamides is 1. The summed E-state index contributed by atoms with van der Waals surface area (Å²) in [5.74, 6) is -3.98. The van der Waals surface area contributed by atoms with Gasteiger partial charge in [-0.1, -0.05) is 0 Å². The lowest BCUT2D eigenvalue weighted by Gasteiger charge is -2.18. The van der Waals surface area contributed by atoms with Gasteiger partial charge in [-0.25, -0.2) is 17.2 Å². The van der Waals surface area contributed by atoms with Crippen LogP contribution in [0, 0.1) is 17.6 Å². The summed E-state index contributed by atoms with van der Waals surface area (Å²) in [7, 11) is -4.31. The van der Waals surface area contributed by atoms with Gasteiger partial charge in [0.2, 0.25) is 5.91 Å². The number of rotatable bonds is 6. The fourth-order valence-corrected chi connectivity index (χ4v) is 4.14. The first kappa shape index (κ1) is 21.4. The van der Waals surface area contributed by atoms with Crippen molar-refractivity contribution < 1.29 is 31.2 Å². The van der Waals surface area contributed by atoms with Crippen LogP contribution in [0.15, 0.2) is 69.1 Å². The number of benzene rings is 2. The summed E-state index contributed by atoms with van der Waals surface area (Å²) in [6, 6.07) is 9.23. The topological polar surface area (TPSA) is 118 Å². The Morgan fingerprint density at radius 1 is 1.12 bits per heavy atom. The van der Waals surface area contributed by atoms with Crippen molar-refractivity contribution in [1.29, 1.82) is 0 Å². The van der Waals surface area contributed by atoms with Gasteiger partial charge >= 0.3 is 0 Å². The molecule has 0 radical (unpaired) electrons. The second kappa shape index (κ2) is 8.35. The molecule has 0 spiro atoms. The minimum Gasteiger partial charge on any atom is -0.467 e. The van der Waals surface area contributed by atoms with Crippen molar-refractivity contribution in [3.05, 3.63) is 77.8 Å². The van der Waals surface area contributed by atoms with E-state index in [0.717, 1.165) is 18.2 Å². The van der Waals surface area contributed by atoms with Crippen molar-refractivity contribution in [1.82, 2.24) is 5.32 Å². The molecule has 11 heteroatoms. The number of amides is 1. The zero-order valence-electron chi connectivity index (χ0n) is 16.2. The SMILES string of the molecule is O=C(NCc1ccco1)C1C=Nc2ccc(S(=O)(=O)Nc3ccc(F)cc3F)cc2C1=O. The lowest BCUT2D eigenvalue weighted by Crippen LogP contribution is -2.37. The third kappa shape index (κ3) is 4.28. The van der Waals surface area contributed by atoms with Gasteiger partial charge in [0, 0.05) is 17.8 Å². The van der Waals surface area contributed by atoms with Gasteiger partial charge in [-0.15, -0.1) is 0 Å². The van der Waals surface area contributed by atoms with E-state index in [9.17, 15) is 26.8 Å². The number of nitrogens with one attached hydrogen (secondary N) is 2. The second-order valence-corrected chi connectivity index (χ2v) is 8.51. The van der Waals surface area contributed by atoms with E-state index in [1.54, 1.807) is 12.1 Å². The molecule has 0 saturated heterocycles. The van der Waals surface area contributed by atoms with E-state index in [4.69, 9.17) is 4.42 Å². The molecular formula is C21H15F2N3O5S. The van der Waals surface area contributed by atoms with Gasteiger partial charge < -0.3 is 9.73 Å². The van der Waals surface area contributed by atoms with E-state index < -0.39 is 45.0 Å². The maximum atomic E-state index is 13.9. The van der Waals surface area contributed by atoms with Gasteiger partial charge in [-0.3, -0.25) is 19.3 Å². The fraction of sp³-hybridized carbons (Fsp3) is 0.0952. The molecule has 1 atom stereocenters. The first-order valence-electron chi connectivity index (χ1n) is 9.25. The molecule has 1 aromatic heterocycles. The molecule has 2 heterocycles. The molecule has 2 N–H and O–H groups in total. The van der Waals surface area contributed by atoms with E-state index in [-0.39, 0.29) is 22.7 Å². The minimum atomic E-state index is -4.31. The van der Waals surface area contributed by atoms with Gasteiger partial charge in [0.1, 0.15) is 23.3 Å². The zero-order chi connectivity index (χ0) is 22.9. The highest BCUT2D eigenvalue weighted by atomic mass is 32.2. The van der Waals surface area contributed by atoms with Crippen LogP contribution >= 0.6 is 0 Å². The highest BCUT2D eigenvalue weighted by Crippen LogP contribution is 2.30. The predicted molar refractivity (Wildman–Crippen MR) is 110 cm³/mol. The van der Waals surface area contributed by atoms with Crippen molar-refractivity contribution in [2.24, 2.45) is 10.9 Å². The van der Waals surface area contributed by atoms with Crippen molar-refractivity contribution in [3.8, 4) is 0 Å².